The predicted octanol–water partition coefficient (Wildman–Crippen LogP) is 1.21. The number of sulfonamides is 1. The molecule has 80 valence electrons. The number of benzene rings is 1. The van der Waals surface area contributed by atoms with Crippen LogP contribution in [0.4, 0.5) is 14.5 Å². The van der Waals surface area contributed by atoms with Gasteiger partial charge in [0.25, 0.3) is 0 Å². The van der Waals surface area contributed by atoms with Crippen LogP contribution in [-0.4, -0.2) is 14.7 Å². The molecule has 0 aliphatic carbocycles. The highest BCUT2D eigenvalue weighted by molar-refractivity contribution is 7.92. The third-order valence-corrected chi connectivity index (χ3v) is 2.03. The summed E-state index contributed by atoms with van der Waals surface area (Å²) in [5, 5.41) is 8.39. The molecule has 0 saturated heterocycles. The summed E-state index contributed by atoms with van der Waals surface area (Å²) < 4.78 is 49.4. The van der Waals surface area contributed by atoms with Gasteiger partial charge in [0.15, 0.2) is 11.6 Å². The second-order valence-corrected chi connectivity index (χ2v) is 4.55. The van der Waals surface area contributed by atoms with E-state index in [2.05, 4.69) is 0 Å². The van der Waals surface area contributed by atoms with Gasteiger partial charge >= 0.3 is 0 Å². The number of hydrogen-bond acceptors (Lipinski definition) is 3. The fourth-order valence-electron chi connectivity index (χ4n) is 0.921. The Kier molecular flexibility index (Phi) is 2.90. The molecule has 0 aliphatic rings. The van der Waals surface area contributed by atoms with E-state index in [-0.39, 0.29) is 5.56 Å². The summed E-state index contributed by atoms with van der Waals surface area (Å²) in [5.74, 6) is -2.26. The van der Waals surface area contributed by atoms with E-state index in [1.165, 1.54) is 0 Å². The molecule has 0 fully saturated rings. The number of nitrogens with zero attached hydrogens (tertiary/aromatic N) is 1. The van der Waals surface area contributed by atoms with E-state index in [9.17, 15) is 17.2 Å². The minimum Gasteiger partial charge on any atom is -0.278 e. The van der Waals surface area contributed by atoms with Gasteiger partial charge in [-0.15, -0.1) is 0 Å². The molecular formula is C8H6F2N2O2S. The predicted molar refractivity (Wildman–Crippen MR) is 49.5 cm³/mol. The average molecular weight is 232 g/mol. The maximum atomic E-state index is 13.1. The molecule has 0 aromatic heterocycles. The highest BCUT2D eigenvalue weighted by Crippen LogP contribution is 2.21. The third-order valence-electron chi connectivity index (χ3n) is 1.46. The van der Waals surface area contributed by atoms with Crippen molar-refractivity contribution in [3.05, 3.63) is 29.3 Å². The maximum absolute atomic E-state index is 13.1. The van der Waals surface area contributed by atoms with Crippen LogP contribution in [0, 0.1) is 23.0 Å². The van der Waals surface area contributed by atoms with Gasteiger partial charge in [-0.2, -0.15) is 5.26 Å². The fourth-order valence-corrected chi connectivity index (χ4v) is 1.49. The van der Waals surface area contributed by atoms with Crippen molar-refractivity contribution in [1.29, 1.82) is 5.26 Å². The highest BCUT2D eigenvalue weighted by Gasteiger charge is 2.14. The second-order valence-electron chi connectivity index (χ2n) is 2.80. The van der Waals surface area contributed by atoms with E-state index in [1.54, 1.807) is 10.8 Å². The van der Waals surface area contributed by atoms with Crippen molar-refractivity contribution >= 4 is 15.7 Å². The molecule has 0 bridgehead atoms. The summed E-state index contributed by atoms with van der Waals surface area (Å²) in [6.07, 6.45) is 0.768. The minimum atomic E-state index is -3.75. The van der Waals surface area contributed by atoms with Crippen LogP contribution in [0.25, 0.3) is 0 Å². The van der Waals surface area contributed by atoms with E-state index in [0.29, 0.717) is 0 Å². The smallest absolute Gasteiger partial charge is 0.230 e. The molecule has 0 unspecified atom stereocenters. The molecule has 4 nitrogen and oxygen atoms in total. The van der Waals surface area contributed by atoms with Crippen molar-refractivity contribution in [2.24, 2.45) is 0 Å². The molecule has 7 heteroatoms. The summed E-state index contributed by atoms with van der Waals surface area (Å²) in [4.78, 5) is 0. The van der Waals surface area contributed by atoms with Crippen molar-refractivity contribution in [3.63, 3.8) is 0 Å². The summed E-state index contributed by atoms with van der Waals surface area (Å²) in [6, 6.07) is 3.03. The molecule has 0 amide bonds. The molecule has 0 heterocycles. The lowest BCUT2D eigenvalue weighted by Gasteiger charge is -2.06. The Bertz CT molecular complexity index is 511. The molecule has 15 heavy (non-hydrogen) atoms. The van der Waals surface area contributed by atoms with Crippen LogP contribution in [0.3, 0.4) is 0 Å². The Balaban J connectivity index is 3.28. The fraction of sp³-hybridized carbons (Fsp3) is 0.125. The average Bonchev–Trinajstić information content (AvgIpc) is 2.09. The molecule has 0 radical (unpaired) electrons. The van der Waals surface area contributed by atoms with Gasteiger partial charge < -0.3 is 0 Å². The van der Waals surface area contributed by atoms with Gasteiger partial charge in [0.2, 0.25) is 10.0 Å². The monoisotopic (exact) mass is 232 g/mol. The number of nitriles is 1. The van der Waals surface area contributed by atoms with E-state index in [0.717, 1.165) is 18.4 Å². The lowest BCUT2D eigenvalue weighted by atomic mass is 10.2. The minimum absolute atomic E-state index is 0.218. The summed E-state index contributed by atoms with van der Waals surface area (Å²) in [7, 11) is -3.75. The van der Waals surface area contributed by atoms with Gasteiger partial charge in [0, 0.05) is 0 Å². The zero-order valence-corrected chi connectivity index (χ0v) is 8.40. The molecule has 0 atom stereocenters. The second kappa shape index (κ2) is 3.82. The first-order valence-electron chi connectivity index (χ1n) is 3.70. The third kappa shape index (κ3) is 2.89. The molecule has 0 saturated carbocycles. The SMILES string of the molecule is CS(=O)(=O)Nc1c(F)cc(C#N)cc1F. The van der Waals surface area contributed by atoms with E-state index < -0.39 is 27.3 Å². The van der Waals surface area contributed by atoms with Crippen molar-refractivity contribution in [2.75, 3.05) is 11.0 Å². The van der Waals surface area contributed by atoms with E-state index in [4.69, 9.17) is 5.26 Å². The lowest BCUT2D eigenvalue weighted by molar-refractivity contribution is 0.584. The molecular weight excluding hydrogens is 226 g/mol. The Morgan fingerprint density at radius 1 is 1.33 bits per heavy atom. The quantitative estimate of drug-likeness (QED) is 0.833. The first-order valence-corrected chi connectivity index (χ1v) is 5.59. The number of nitrogens with one attached hydrogen (secondary N) is 1. The van der Waals surface area contributed by atoms with Crippen molar-refractivity contribution < 1.29 is 17.2 Å². The Morgan fingerprint density at radius 3 is 2.13 bits per heavy atom. The van der Waals surface area contributed by atoms with Crippen molar-refractivity contribution in [1.82, 2.24) is 0 Å². The summed E-state index contributed by atoms with van der Waals surface area (Å²) in [5.41, 5.74) is -0.999. The van der Waals surface area contributed by atoms with E-state index >= 15 is 0 Å². The number of halogens is 2. The van der Waals surface area contributed by atoms with Gasteiger partial charge in [-0.25, -0.2) is 17.2 Å². The molecule has 1 rings (SSSR count). The Labute approximate surface area is 85.2 Å². The van der Waals surface area contributed by atoms with Gasteiger partial charge in [0.05, 0.1) is 17.9 Å². The van der Waals surface area contributed by atoms with Crippen LogP contribution in [0.15, 0.2) is 12.1 Å². The maximum Gasteiger partial charge on any atom is 0.230 e. The number of anilines is 1. The summed E-state index contributed by atoms with van der Waals surface area (Å²) >= 11 is 0. The summed E-state index contributed by atoms with van der Waals surface area (Å²) in [6.45, 7) is 0. The standard InChI is InChI=1S/C8H6F2N2O2S/c1-15(13,14)12-8-6(9)2-5(4-11)3-7(8)10/h2-3,12H,1H3. The largest absolute Gasteiger partial charge is 0.278 e. The van der Waals surface area contributed by atoms with Gasteiger partial charge in [-0.05, 0) is 12.1 Å². The first kappa shape index (κ1) is 11.4. The molecule has 1 aromatic carbocycles. The van der Waals surface area contributed by atoms with Crippen molar-refractivity contribution in [3.8, 4) is 6.07 Å². The normalized spacial score (nSPS) is 10.8. The van der Waals surface area contributed by atoms with Crippen LogP contribution >= 0.6 is 0 Å². The van der Waals surface area contributed by atoms with Gasteiger partial charge in [-0.3, -0.25) is 4.72 Å². The van der Waals surface area contributed by atoms with E-state index in [1.807, 2.05) is 0 Å². The van der Waals surface area contributed by atoms with Crippen LogP contribution in [0.2, 0.25) is 0 Å². The van der Waals surface area contributed by atoms with Crippen molar-refractivity contribution in [2.45, 2.75) is 0 Å². The zero-order chi connectivity index (χ0) is 11.6. The topological polar surface area (TPSA) is 70.0 Å². The molecule has 0 spiro atoms. The molecule has 1 N–H and O–H groups in total. The Morgan fingerprint density at radius 2 is 1.80 bits per heavy atom. The van der Waals surface area contributed by atoms with Gasteiger partial charge in [0.1, 0.15) is 5.69 Å². The highest BCUT2D eigenvalue weighted by atomic mass is 32.2. The first-order chi connectivity index (χ1) is 6.83. The van der Waals surface area contributed by atoms with Gasteiger partial charge in [-0.1, -0.05) is 0 Å². The van der Waals surface area contributed by atoms with Crippen LogP contribution < -0.4 is 4.72 Å². The van der Waals surface area contributed by atoms with Crippen LogP contribution in [0.1, 0.15) is 5.56 Å². The molecule has 1 aromatic rings. The van der Waals surface area contributed by atoms with Crippen LogP contribution in [-0.2, 0) is 10.0 Å². The zero-order valence-electron chi connectivity index (χ0n) is 7.58. The number of hydrogen-bond donors (Lipinski definition) is 1. The lowest BCUT2D eigenvalue weighted by Crippen LogP contribution is -2.12. The Hall–Kier alpha value is -1.68. The number of rotatable bonds is 2. The molecule has 0 aliphatic heterocycles. The van der Waals surface area contributed by atoms with Crippen LogP contribution in [0.5, 0.6) is 0 Å².